The molecule has 6 heteroatoms. The van der Waals surface area contributed by atoms with Gasteiger partial charge in [-0.05, 0) is 29.8 Å². The number of rotatable bonds is 4. The van der Waals surface area contributed by atoms with Crippen LogP contribution in [-0.2, 0) is 6.54 Å². The van der Waals surface area contributed by atoms with Gasteiger partial charge in [-0.15, -0.1) is 0 Å². The quantitative estimate of drug-likeness (QED) is 0.675. The molecule has 5 nitrogen and oxygen atoms in total. The van der Waals surface area contributed by atoms with Crippen LogP contribution in [0.5, 0.6) is 0 Å². The Balaban J connectivity index is 1.98. The van der Waals surface area contributed by atoms with E-state index in [1.54, 1.807) is 35.7 Å². The molecule has 0 radical (unpaired) electrons. The minimum Gasteiger partial charge on any atom is -0.381 e. The molecule has 0 aliphatic heterocycles. The number of hydrogen-bond donors (Lipinski definition) is 1. The third kappa shape index (κ3) is 2.84. The van der Waals surface area contributed by atoms with Gasteiger partial charge >= 0.3 is 5.00 Å². The second-order valence-corrected chi connectivity index (χ2v) is 4.48. The Morgan fingerprint density at radius 3 is 2.67 bits per heavy atom. The lowest BCUT2D eigenvalue weighted by Gasteiger charge is -2.04. The number of nitrogens with zero attached hydrogens (tertiary/aromatic N) is 2. The van der Waals surface area contributed by atoms with Gasteiger partial charge in [0.05, 0.1) is 16.6 Å². The highest BCUT2D eigenvalue weighted by Crippen LogP contribution is 2.23. The first-order valence-corrected chi connectivity index (χ1v) is 6.03. The number of benzene rings is 1. The van der Waals surface area contributed by atoms with Crippen molar-refractivity contribution in [3.05, 3.63) is 57.0 Å². The van der Waals surface area contributed by atoms with Crippen molar-refractivity contribution in [2.45, 2.75) is 6.54 Å². The fourth-order valence-corrected chi connectivity index (χ4v) is 2.15. The van der Waals surface area contributed by atoms with Gasteiger partial charge in [-0.3, -0.25) is 10.1 Å². The topological polar surface area (TPSA) is 79.0 Å². The second-order valence-electron chi connectivity index (χ2n) is 3.59. The first-order chi connectivity index (χ1) is 8.69. The van der Waals surface area contributed by atoms with Crippen molar-refractivity contribution in [3.8, 4) is 6.07 Å². The summed E-state index contributed by atoms with van der Waals surface area (Å²) in [6, 6.07) is 10.7. The zero-order valence-corrected chi connectivity index (χ0v) is 10.1. The average Bonchev–Trinajstić information content (AvgIpc) is 2.86. The maximum atomic E-state index is 10.5. The van der Waals surface area contributed by atoms with Crippen LogP contribution in [0.2, 0.25) is 0 Å². The Morgan fingerprint density at radius 2 is 2.11 bits per heavy atom. The van der Waals surface area contributed by atoms with E-state index in [1.165, 1.54) is 0 Å². The molecular formula is C12H9N3O2S. The van der Waals surface area contributed by atoms with Crippen LogP contribution in [0.1, 0.15) is 11.1 Å². The van der Waals surface area contributed by atoms with E-state index in [2.05, 4.69) is 5.32 Å². The molecule has 2 rings (SSSR count). The van der Waals surface area contributed by atoms with E-state index < -0.39 is 4.92 Å². The van der Waals surface area contributed by atoms with Gasteiger partial charge in [0.25, 0.3) is 0 Å². The van der Waals surface area contributed by atoms with E-state index >= 15 is 0 Å². The minimum absolute atomic E-state index is 0.145. The molecule has 0 saturated heterocycles. The summed E-state index contributed by atoms with van der Waals surface area (Å²) in [7, 11) is 0. The summed E-state index contributed by atoms with van der Waals surface area (Å²) in [4.78, 5) is 10.1. The SMILES string of the molecule is N#Cc1ccc(NCc2csc([N+](=O)[O-])c2)cc1. The smallest absolute Gasteiger partial charge is 0.324 e. The van der Waals surface area contributed by atoms with Gasteiger partial charge in [0, 0.05) is 23.7 Å². The number of nitrogens with one attached hydrogen (secondary N) is 1. The van der Waals surface area contributed by atoms with Crippen LogP contribution in [0, 0.1) is 21.4 Å². The molecule has 1 N–H and O–H groups in total. The second kappa shape index (κ2) is 5.29. The fourth-order valence-electron chi connectivity index (χ4n) is 1.42. The molecule has 1 aromatic carbocycles. The van der Waals surface area contributed by atoms with Crippen LogP contribution in [0.25, 0.3) is 0 Å². The monoisotopic (exact) mass is 259 g/mol. The normalized spacial score (nSPS) is 9.72. The van der Waals surface area contributed by atoms with E-state index in [1.807, 2.05) is 6.07 Å². The van der Waals surface area contributed by atoms with Gasteiger partial charge in [0.1, 0.15) is 0 Å². The molecule has 0 unspecified atom stereocenters. The van der Waals surface area contributed by atoms with Gasteiger partial charge in [-0.1, -0.05) is 11.3 Å². The predicted molar refractivity (Wildman–Crippen MR) is 69.5 cm³/mol. The molecule has 0 fully saturated rings. The first kappa shape index (κ1) is 12.1. The summed E-state index contributed by atoms with van der Waals surface area (Å²) in [5.41, 5.74) is 2.35. The van der Waals surface area contributed by atoms with E-state index in [9.17, 15) is 10.1 Å². The van der Waals surface area contributed by atoms with E-state index in [0.717, 1.165) is 22.6 Å². The summed E-state index contributed by atoms with van der Waals surface area (Å²) in [5, 5.41) is 24.2. The van der Waals surface area contributed by atoms with E-state index in [0.29, 0.717) is 12.1 Å². The summed E-state index contributed by atoms with van der Waals surface area (Å²) < 4.78 is 0. The van der Waals surface area contributed by atoms with Crippen molar-refractivity contribution >= 4 is 22.0 Å². The fraction of sp³-hybridized carbons (Fsp3) is 0.0833. The van der Waals surface area contributed by atoms with Gasteiger partial charge in [-0.25, -0.2) is 0 Å². The number of anilines is 1. The standard InChI is InChI=1S/C12H9N3O2S/c13-6-9-1-3-11(4-2-9)14-7-10-5-12(15(16)17)18-8-10/h1-5,8,14H,7H2. The molecule has 0 amide bonds. The molecule has 18 heavy (non-hydrogen) atoms. The van der Waals surface area contributed by atoms with Crippen molar-refractivity contribution < 1.29 is 4.92 Å². The van der Waals surface area contributed by atoms with Gasteiger partial charge in [-0.2, -0.15) is 5.26 Å². The minimum atomic E-state index is -0.393. The molecule has 0 saturated carbocycles. The molecule has 0 spiro atoms. The zero-order chi connectivity index (χ0) is 13.0. The van der Waals surface area contributed by atoms with Crippen molar-refractivity contribution in [2.24, 2.45) is 0 Å². The van der Waals surface area contributed by atoms with Gasteiger partial charge in [0.15, 0.2) is 0 Å². The third-order valence-corrected chi connectivity index (χ3v) is 3.26. The summed E-state index contributed by atoms with van der Waals surface area (Å²) in [6.07, 6.45) is 0. The highest BCUT2D eigenvalue weighted by Gasteiger charge is 2.08. The van der Waals surface area contributed by atoms with Crippen LogP contribution in [0.4, 0.5) is 10.7 Å². The number of thiophene rings is 1. The highest BCUT2D eigenvalue weighted by atomic mass is 32.1. The number of hydrogen-bond acceptors (Lipinski definition) is 5. The Hall–Kier alpha value is -2.39. The molecule has 90 valence electrons. The first-order valence-electron chi connectivity index (χ1n) is 5.15. The van der Waals surface area contributed by atoms with Crippen molar-refractivity contribution in [2.75, 3.05) is 5.32 Å². The van der Waals surface area contributed by atoms with Gasteiger partial charge in [0.2, 0.25) is 0 Å². The predicted octanol–water partition coefficient (Wildman–Crippen LogP) is 3.14. The lowest BCUT2D eigenvalue weighted by molar-refractivity contribution is -0.380. The Morgan fingerprint density at radius 1 is 1.39 bits per heavy atom. The molecule has 1 heterocycles. The number of nitriles is 1. The average molecular weight is 259 g/mol. The zero-order valence-electron chi connectivity index (χ0n) is 9.29. The molecule has 0 aliphatic carbocycles. The van der Waals surface area contributed by atoms with E-state index in [4.69, 9.17) is 5.26 Å². The van der Waals surface area contributed by atoms with Gasteiger partial charge < -0.3 is 5.32 Å². The number of nitro groups is 1. The van der Waals surface area contributed by atoms with Crippen LogP contribution >= 0.6 is 11.3 Å². The lowest BCUT2D eigenvalue weighted by atomic mass is 10.2. The molecule has 0 atom stereocenters. The Kier molecular flexibility index (Phi) is 3.55. The van der Waals surface area contributed by atoms with E-state index in [-0.39, 0.29) is 5.00 Å². The highest BCUT2D eigenvalue weighted by molar-refractivity contribution is 7.13. The largest absolute Gasteiger partial charge is 0.381 e. The summed E-state index contributed by atoms with van der Waals surface area (Å²) in [6.45, 7) is 0.524. The van der Waals surface area contributed by atoms with Crippen LogP contribution in [0.3, 0.4) is 0 Å². The van der Waals surface area contributed by atoms with Crippen molar-refractivity contribution in [1.82, 2.24) is 0 Å². The van der Waals surface area contributed by atoms with Crippen molar-refractivity contribution in [3.63, 3.8) is 0 Å². The van der Waals surface area contributed by atoms with Crippen LogP contribution in [-0.4, -0.2) is 4.92 Å². The molecule has 2 aromatic rings. The maximum absolute atomic E-state index is 10.5. The third-order valence-electron chi connectivity index (χ3n) is 2.33. The molecule has 1 aromatic heterocycles. The summed E-state index contributed by atoms with van der Waals surface area (Å²) in [5.74, 6) is 0. The molecule has 0 aliphatic rings. The van der Waals surface area contributed by atoms with Crippen LogP contribution in [0.15, 0.2) is 35.7 Å². The molecule has 0 bridgehead atoms. The Bertz CT molecular complexity index is 599. The molecular weight excluding hydrogens is 250 g/mol. The maximum Gasteiger partial charge on any atom is 0.324 e. The lowest BCUT2D eigenvalue weighted by Crippen LogP contribution is -1.97. The van der Waals surface area contributed by atoms with Crippen molar-refractivity contribution in [1.29, 1.82) is 5.26 Å². The van der Waals surface area contributed by atoms with Crippen LogP contribution < -0.4 is 5.32 Å². The Labute approximate surface area is 107 Å². The summed E-state index contributed by atoms with van der Waals surface area (Å²) >= 11 is 1.12.